The number of aromatic nitrogens is 2. The highest BCUT2D eigenvalue weighted by atomic mass is 19.4. The van der Waals surface area contributed by atoms with Crippen LogP contribution in [0.2, 0.25) is 0 Å². The van der Waals surface area contributed by atoms with Gasteiger partial charge in [0, 0.05) is 11.7 Å². The van der Waals surface area contributed by atoms with E-state index in [4.69, 9.17) is 0 Å². The van der Waals surface area contributed by atoms with Crippen molar-refractivity contribution in [1.29, 1.82) is 0 Å². The van der Waals surface area contributed by atoms with Gasteiger partial charge in [-0.05, 0) is 38.0 Å². The SMILES string of the molecule is Cc1cc(C(=O)Nc2ccccc2C(F)(F)F)nc(NC2CCCC2)n1. The number of rotatable bonds is 4. The molecule has 0 bridgehead atoms. The van der Waals surface area contributed by atoms with Gasteiger partial charge in [-0.2, -0.15) is 13.2 Å². The number of carbonyl (C=O) groups excluding carboxylic acids is 1. The van der Waals surface area contributed by atoms with E-state index in [1.54, 1.807) is 6.92 Å². The van der Waals surface area contributed by atoms with Crippen LogP contribution in [-0.4, -0.2) is 21.9 Å². The molecule has 1 aliphatic carbocycles. The molecule has 0 atom stereocenters. The van der Waals surface area contributed by atoms with Gasteiger partial charge in [0.05, 0.1) is 11.3 Å². The van der Waals surface area contributed by atoms with Crippen LogP contribution in [0.15, 0.2) is 30.3 Å². The molecule has 0 aliphatic heterocycles. The van der Waals surface area contributed by atoms with E-state index in [1.807, 2.05) is 0 Å². The van der Waals surface area contributed by atoms with Crippen molar-refractivity contribution in [3.8, 4) is 0 Å². The molecule has 138 valence electrons. The zero-order valence-corrected chi connectivity index (χ0v) is 14.2. The lowest BCUT2D eigenvalue weighted by molar-refractivity contribution is -0.136. The molecule has 1 aliphatic rings. The van der Waals surface area contributed by atoms with Crippen molar-refractivity contribution in [2.45, 2.75) is 44.8 Å². The van der Waals surface area contributed by atoms with Crippen LogP contribution in [0.3, 0.4) is 0 Å². The van der Waals surface area contributed by atoms with Gasteiger partial charge < -0.3 is 10.6 Å². The fraction of sp³-hybridized carbons (Fsp3) is 0.389. The Morgan fingerprint density at radius 1 is 1.15 bits per heavy atom. The number of para-hydroxylation sites is 1. The summed E-state index contributed by atoms with van der Waals surface area (Å²) in [4.78, 5) is 20.9. The van der Waals surface area contributed by atoms with E-state index in [1.165, 1.54) is 24.3 Å². The summed E-state index contributed by atoms with van der Waals surface area (Å²) >= 11 is 0. The number of anilines is 2. The summed E-state index contributed by atoms with van der Waals surface area (Å²) in [5.74, 6) is -0.382. The topological polar surface area (TPSA) is 66.9 Å². The highest BCUT2D eigenvalue weighted by Gasteiger charge is 2.33. The molecule has 1 aromatic carbocycles. The van der Waals surface area contributed by atoms with Crippen LogP contribution < -0.4 is 10.6 Å². The van der Waals surface area contributed by atoms with Crippen molar-refractivity contribution in [3.05, 3.63) is 47.3 Å². The molecule has 1 fully saturated rings. The van der Waals surface area contributed by atoms with E-state index < -0.39 is 17.6 Å². The first kappa shape index (κ1) is 18.2. The quantitative estimate of drug-likeness (QED) is 0.843. The third-order valence-corrected chi connectivity index (χ3v) is 4.26. The zero-order valence-electron chi connectivity index (χ0n) is 14.2. The van der Waals surface area contributed by atoms with Gasteiger partial charge in [-0.3, -0.25) is 4.79 Å². The Morgan fingerprint density at radius 2 is 1.85 bits per heavy atom. The Labute approximate surface area is 149 Å². The van der Waals surface area contributed by atoms with Gasteiger partial charge in [0.25, 0.3) is 5.91 Å². The van der Waals surface area contributed by atoms with Crippen molar-refractivity contribution in [1.82, 2.24) is 9.97 Å². The Morgan fingerprint density at radius 3 is 2.54 bits per heavy atom. The summed E-state index contributed by atoms with van der Waals surface area (Å²) in [5.41, 5.74) is -0.611. The minimum absolute atomic E-state index is 0.0231. The molecule has 0 radical (unpaired) electrons. The van der Waals surface area contributed by atoms with E-state index in [9.17, 15) is 18.0 Å². The van der Waals surface area contributed by atoms with Gasteiger partial charge in [-0.25, -0.2) is 9.97 Å². The third kappa shape index (κ3) is 4.30. The molecule has 1 saturated carbocycles. The first-order valence-corrected chi connectivity index (χ1v) is 8.43. The average molecular weight is 364 g/mol. The monoisotopic (exact) mass is 364 g/mol. The van der Waals surface area contributed by atoms with E-state index in [-0.39, 0.29) is 17.4 Å². The maximum atomic E-state index is 13.1. The summed E-state index contributed by atoms with van der Waals surface area (Å²) in [6.07, 6.45) is -0.271. The molecule has 26 heavy (non-hydrogen) atoms. The van der Waals surface area contributed by atoms with Gasteiger partial charge in [-0.15, -0.1) is 0 Å². The van der Waals surface area contributed by atoms with Crippen LogP contribution >= 0.6 is 0 Å². The second kappa shape index (κ2) is 7.31. The van der Waals surface area contributed by atoms with Gasteiger partial charge in [0.2, 0.25) is 5.95 Å². The molecule has 8 heteroatoms. The van der Waals surface area contributed by atoms with Crippen LogP contribution in [0.1, 0.15) is 47.4 Å². The number of nitrogens with one attached hydrogen (secondary N) is 2. The highest BCUT2D eigenvalue weighted by Crippen LogP contribution is 2.34. The summed E-state index contributed by atoms with van der Waals surface area (Å²) in [7, 11) is 0. The fourth-order valence-electron chi connectivity index (χ4n) is 3.03. The lowest BCUT2D eigenvalue weighted by Crippen LogP contribution is -2.21. The van der Waals surface area contributed by atoms with E-state index in [0.717, 1.165) is 31.7 Å². The number of hydrogen-bond donors (Lipinski definition) is 2. The number of nitrogens with zero attached hydrogens (tertiary/aromatic N) is 2. The molecule has 2 aromatic rings. The van der Waals surface area contributed by atoms with Crippen molar-refractivity contribution in [2.75, 3.05) is 10.6 Å². The van der Waals surface area contributed by atoms with Crippen LogP contribution in [0.5, 0.6) is 0 Å². The number of aryl methyl sites for hydroxylation is 1. The molecule has 1 amide bonds. The smallest absolute Gasteiger partial charge is 0.351 e. The van der Waals surface area contributed by atoms with Crippen LogP contribution in [-0.2, 0) is 6.18 Å². The predicted octanol–water partition coefficient (Wildman–Crippen LogP) is 4.41. The molecule has 0 unspecified atom stereocenters. The lowest BCUT2D eigenvalue weighted by atomic mass is 10.1. The summed E-state index contributed by atoms with van der Waals surface area (Å²) in [6, 6.07) is 6.56. The Balaban J connectivity index is 1.81. The Hall–Kier alpha value is -2.64. The lowest BCUT2D eigenvalue weighted by Gasteiger charge is -2.15. The Kier molecular flexibility index (Phi) is 5.11. The highest BCUT2D eigenvalue weighted by molar-refractivity contribution is 6.03. The number of benzene rings is 1. The van der Waals surface area contributed by atoms with Crippen molar-refractivity contribution in [3.63, 3.8) is 0 Å². The number of hydrogen-bond acceptors (Lipinski definition) is 4. The molecule has 3 rings (SSSR count). The van der Waals surface area contributed by atoms with Gasteiger partial charge in [0.15, 0.2) is 0 Å². The molecule has 5 nitrogen and oxygen atoms in total. The number of alkyl halides is 3. The standard InChI is InChI=1S/C18H19F3N4O/c1-11-10-15(25-17(22-11)23-12-6-2-3-7-12)16(26)24-14-9-5-4-8-13(14)18(19,20)21/h4-5,8-10,12H,2-3,6-7H2,1H3,(H,24,26)(H,22,23,25). The zero-order chi connectivity index (χ0) is 18.7. The Bertz CT molecular complexity index is 801. The first-order chi connectivity index (χ1) is 12.3. The second-order valence-electron chi connectivity index (χ2n) is 6.34. The van der Waals surface area contributed by atoms with Crippen molar-refractivity contribution >= 4 is 17.5 Å². The van der Waals surface area contributed by atoms with Gasteiger partial charge in [0.1, 0.15) is 5.69 Å². The minimum Gasteiger partial charge on any atom is -0.351 e. The van der Waals surface area contributed by atoms with E-state index >= 15 is 0 Å². The molecule has 1 heterocycles. The van der Waals surface area contributed by atoms with Crippen molar-refractivity contribution in [2.24, 2.45) is 0 Å². The molecular weight excluding hydrogens is 345 g/mol. The molecule has 0 spiro atoms. The van der Waals surface area contributed by atoms with Crippen molar-refractivity contribution < 1.29 is 18.0 Å². The summed E-state index contributed by atoms with van der Waals surface area (Å²) < 4.78 is 39.2. The second-order valence-corrected chi connectivity index (χ2v) is 6.34. The third-order valence-electron chi connectivity index (χ3n) is 4.26. The van der Waals surface area contributed by atoms with E-state index in [2.05, 4.69) is 20.6 Å². The molecule has 0 saturated heterocycles. The maximum Gasteiger partial charge on any atom is 0.418 e. The summed E-state index contributed by atoms with van der Waals surface area (Å²) in [6.45, 7) is 1.71. The van der Waals surface area contributed by atoms with Crippen LogP contribution in [0.25, 0.3) is 0 Å². The first-order valence-electron chi connectivity index (χ1n) is 8.43. The molecule has 2 N–H and O–H groups in total. The van der Waals surface area contributed by atoms with Gasteiger partial charge in [-0.1, -0.05) is 25.0 Å². The molecule has 1 aromatic heterocycles. The van der Waals surface area contributed by atoms with E-state index in [0.29, 0.717) is 11.6 Å². The fourth-order valence-corrected chi connectivity index (χ4v) is 3.03. The minimum atomic E-state index is -4.55. The average Bonchev–Trinajstić information content (AvgIpc) is 3.06. The number of carbonyl (C=O) groups is 1. The largest absolute Gasteiger partial charge is 0.418 e. The normalized spacial score (nSPS) is 15.1. The number of halogens is 3. The van der Waals surface area contributed by atoms with Crippen LogP contribution in [0.4, 0.5) is 24.8 Å². The molecular formula is C18H19F3N4O. The van der Waals surface area contributed by atoms with Gasteiger partial charge >= 0.3 is 6.18 Å². The maximum absolute atomic E-state index is 13.1. The summed E-state index contributed by atoms with van der Waals surface area (Å²) in [5, 5.41) is 5.50. The predicted molar refractivity (Wildman–Crippen MR) is 92.0 cm³/mol. The van der Waals surface area contributed by atoms with Crippen LogP contribution in [0, 0.1) is 6.92 Å². The number of amides is 1.